The number of nitrogens with zero attached hydrogens (tertiary/aromatic N) is 1. The Hall–Kier alpha value is -1.39. The summed E-state index contributed by atoms with van der Waals surface area (Å²) >= 11 is 1.65. The van der Waals surface area contributed by atoms with Gasteiger partial charge in [-0.3, -0.25) is 0 Å². The first-order valence-corrected chi connectivity index (χ1v) is 8.21. The van der Waals surface area contributed by atoms with Gasteiger partial charge in [0.1, 0.15) is 0 Å². The average molecular weight is 304 g/mol. The number of rotatable bonds is 6. The van der Waals surface area contributed by atoms with Gasteiger partial charge in [-0.05, 0) is 43.4 Å². The molecule has 1 unspecified atom stereocenters. The molecular weight excluding hydrogens is 280 g/mol. The van der Waals surface area contributed by atoms with Crippen molar-refractivity contribution in [1.82, 2.24) is 4.98 Å². The Labute approximate surface area is 131 Å². The van der Waals surface area contributed by atoms with Crippen molar-refractivity contribution >= 4 is 16.5 Å². The van der Waals surface area contributed by atoms with E-state index in [1.165, 1.54) is 21.6 Å². The molecule has 0 aliphatic carbocycles. The maximum absolute atomic E-state index is 9.04. The highest BCUT2D eigenvalue weighted by Gasteiger charge is 2.13. The zero-order valence-electron chi connectivity index (χ0n) is 13.2. The van der Waals surface area contributed by atoms with E-state index in [1.807, 2.05) is 6.92 Å². The van der Waals surface area contributed by atoms with Crippen LogP contribution in [0.2, 0.25) is 0 Å². The molecule has 114 valence electrons. The molecular formula is C17H24N2OS. The summed E-state index contributed by atoms with van der Waals surface area (Å²) in [6.45, 7) is 9.65. The van der Waals surface area contributed by atoms with E-state index >= 15 is 0 Å². The van der Waals surface area contributed by atoms with E-state index < -0.39 is 0 Å². The van der Waals surface area contributed by atoms with E-state index in [2.05, 4.69) is 49.3 Å². The fourth-order valence-corrected chi connectivity index (χ4v) is 3.74. The molecule has 0 saturated heterocycles. The van der Waals surface area contributed by atoms with E-state index in [9.17, 15) is 0 Å². The maximum Gasteiger partial charge on any atom is 0.183 e. The number of aliphatic hydroxyl groups is 1. The summed E-state index contributed by atoms with van der Waals surface area (Å²) in [6, 6.07) is 6.46. The van der Waals surface area contributed by atoms with Gasteiger partial charge in [-0.2, -0.15) is 0 Å². The van der Waals surface area contributed by atoms with E-state index in [1.54, 1.807) is 11.3 Å². The molecule has 2 N–H and O–H groups in total. The third-order valence-electron chi connectivity index (χ3n) is 3.83. The van der Waals surface area contributed by atoms with Crippen LogP contribution in [0, 0.1) is 20.8 Å². The predicted octanol–water partition coefficient (Wildman–Crippen LogP) is 3.82. The molecule has 2 aromatic rings. The lowest BCUT2D eigenvalue weighted by molar-refractivity contribution is 0.300. The van der Waals surface area contributed by atoms with Crippen molar-refractivity contribution in [3.05, 3.63) is 45.5 Å². The second kappa shape index (κ2) is 7.05. The SMILES string of the molecule is Cc1cccc(C)c1C(C)CNc1nc(C)c(CCO)s1. The number of nitrogens with one attached hydrogen (secondary N) is 1. The van der Waals surface area contributed by atoms with Gasteiger partial charge in [0.15, 0.2) is 5.13 Å². The van der Waals surface area contributed by atoms with Crippen LogP contribution < -0.4 is 5.32 Å². The topological polar surface area (TPSA) is 45.2 Å². The Bertz CT molecular complexity index is 587. The smallest absolute Gasteiger partial charge is 0.183 e. The first kappa shape index (κ1) is 16.0. The van der Waals surface area contributed by atoms with Crippen LogP contribution >= 0.6 is 11.3 Å². The van der Waals surface area contributed by atoms with Crippen LogP contribution in [0.25, 0.3) is 0 Å². The number of aryl methyl sites for hydroxylation is 3. The summed E-state index contributed by atoms with van der Waals surface area (Å²) < 4.78 is 0. The van der Waals surface area contributed by atoms with Crippen molar-refractivity contribution in [1.29, 1.82) is 0 Å². The molecule has 0 saturated carbocycles. The molecule has 0 fully saturated rings. The molecule has 4 heteroatoms. The Balaban J connectivity index is 2.04. The van der Waals surface area contributed by atoms with E-state index in [4.69, 9.17) is 5.11 Å². The van der Waals surface area contributed by atoms with Crippen molar-refractivity contribution in [3.8, 4) is 0 Å². The number of anilines is 1. The lowest BCUT2D eigenvalue weighted by atomic mass is 9.92. The van der Waals surface area contributed by atoms with Gasteiger partial charge in [-0.25, -0.2) is 4.98 Å². The second-order valence-electron chi connectivity index (χ2n) is 5.59. The molecule has 0 aliphatic rings. The van der Waals surface area contributed by atoms with Gasteiger partial charge < -0.3 is 10.4 Å². The fourth-order valence-electron chi connectivity index (χ4n) is 2.78. The van der Waals surface area contributed by atoms with Crippen LogP contribution in [0.5, 0.6) is 0 Å². The Morgan fingerprint density at radius 1 is 1.24 bits per heavy atom. The summed E-state index contributed by atoms with van der Waals surface area (Å²) in [4.78, 5) is 5.70. The molecule has 1 aromatic heterocycles. The lowest BCUT2D eigenvalue weighted by Crippen LogP contribution is -2.12. The highest BCUT2D eigenvalue weighted by molar-refractivity contribution is 7.15. The van der Waals surface area contributed by atoms with Crippen LogP contribution in [0.3, 0.4) is 0 Å². The highest BCUT2D eigenvalue weighted by atomic mass is 32.1. The summed E-state index contributed by atoms with van der Waals surface area (Å²) in [6.07, 6.45) is 0.692. The molecule has 1 heterocycles. The number of hydrogen-bond donors (Lipinski definition) is 2. The molecule has 2 rings (SSSR count). The predicted molar refractivity (Wildman–Crippen MR) is 90.5 cm³/mol. The summed E-state index contributed by atoms with van der Waals surface area (Å²) in [5.41, 5.74) is 5.14. The molecule has 1 aromatic carbocycles. The first-order chi connectivity index (χ1) is 10.0. The fraction of sp³-hybridized carbons (Fsp3) is 0.471. The molecule has 0 spiro atoms. The standard InChI is InChI=1S/C17H24N2OS/c1-11-6-5-7-12(2)16(11)13(3)10-18-17-19-14(4)15(21-17)8-9-20/h5-7,13,20H,8-10H2,1-4H3,(H,18,19). The van der Waals surface area contributed by atoms with Crippen LogP contribution in [0.4, 0.5) is 5.13 Å². The van der Waals surface area contributed by atoms with Crippen LogP contribution in [0.15, 0.2) is 18.2 Å². The van der Waals surface area contributed by atoms with Crippen molar-refractivity contribution < 1.29 is 5.11 Å². The van der Waals surface area contributed by atoms with Crippen molar-refractivity contribution in [2.45, 2.75) is 40.0 Å². The summed E-state index contributed by atoms with van der Waals surface area (Å²) in [5.74, 6) is 0.441. The normalized spacial score (nSPS) is 12.4. The van der Waals surface area contributed by atoms with Gasteiger partial charge in [0.25, 0.3) is 0 Å². The van der Waals surface area contributed by atoms with Gasteiger partial charge in [0.05, 0.1) is 5.69 Å². The molecule has 0 radical (unpaired) electrons. The average Bonchev–Trinajstić information content (AvgIpc) is 2.77. The van der Waals surface area contributed by atoms with Crippen molar-refractivity contribution in [2.24, 2.45) is 0 Å². The number of aliphatic hydroxyl groups excluding tert-OH is 1. The zero-order valence-corrected chi connectivity index (χ0v) is 14.0. The number of aromatic nitrogens is 1. The van der Waals surface area contributed by atoms with Crippen LogP contribution in [-0.2, 0) is 6.42 Å². The van der Waals surface area contributed by atoms with E-state index in [-0.39, 0.29) is 6.61 Å². The molecule has 21 heavy (non-hydrogen) atoms. The minimum Gasteiger partial charge on any atom is -0.396 e. The minimum absolute atomic E-state index is 0.182. The van der Waals surface area contributed by atoms with Crippen molar-refractivity contribution in [3.63, 3.8) is 0 Å². The quantitative estimate of drug-likeness (QED) is 0.853. The van der Waals surface area contributed by atoms with Gasteiger partial charge in [0, 0.05) is 24.4 Å². The maximum atomic E-state index is 9.04. The van der Waals surface area contributed by atoms with Crippen molar-refractivity contribution in [2.75, 3.05) is 18.5 Å². The minimum atomic E-state index is 0.182. The van der Waals surface area contributed by atoms with Gasteiger partial charge in [0.2, 0.25) is 0 Å². The Morgan fingerprint density at radius 3 is 2.52 bits per heavy atom. The van der Waals surface area contributed by atoms with Gasteiger partial charge in [-0.1, -0.05) is 25.1 Å². The lowest BCUT2D eigenvalue weighted by Gasteiger charge is -2.17. The third kappa shape index (κ3) is 3.83. The summed E-state index contributed by atoms with van der Waals surface area (Å²) in [5, 5.41) is 13.4. The molecule has 0 amide bonds. The van der Waals surface area contributed by atoms with Gasteiger partial charge >= 0.3 is 0 Å². The number of thiazole rings is 1. The third-order valence-corrected chi connectivity index (χ3v) is 5.00. The van der Waals surface area contributed by atoms with Crippen LogP contribution in [-0.4, -0.2) is 23.2 Å². The number of benzene rings is 1. The van der Waals surface area contributed by atoms with E-state index in [0.717, 1.165) is 17.4 Å². The number of hydrogen-bond acceptors (Lipinski definition) is 4. The molecule has 3 nitrogen and oxygen atoms in total. The zero-order chi connectivity index (χ0) is 15.4. The Kier molecular flexibility index (Phi) is 5.37. The molecule has 1 atom stereocenters. The second-order valence-corrected chi connectivity index (χ2v) is 6.67. The van der Waals surface area contributed by atoms with Gasteiger partial charge in [-0.15, -0.1) is 11.3 Å². The summed E-state index contributed by atoms with van der Waals surface area (Å²) in [7, 11) is 0. The highest BCUT2D eigenvalue weighted by Crippen LogP contribution is 2.26. The molecule has 0 aliphatic heterocycles. The largest absolute Gasteiger partial charge is 0.396 e. The van der Waals surface area contributed by atoms with E-state index in [0.29, 0.717) is 12.3 Å². The first-order valence-electron chi connectivity index (χ1n) is 7.40. The Morgan fingerprint density at radius 2 is 1.90 bits per heavy atom. The monoisotopic (exact) mass is 304 g/mol. The molecule has 0 bridgehead atoms. The van der Waals surface area contributed by atoms with Crippen LogP contribution in [0.1, 0.15) is 40.1 Å².